The molecule has 3 rings (SSSR count). The molecule has 1 unspecified atom stereocenters. The highest BCUT2D eigenvalue weighted by atomic mass is 35.5. The van der Waals surface area contributed by atoms with Gasteiger partial charge in [-0.15, -0.1) is 6.42 Å². The molecule has 134 valence electrons. The van der Waals surface area contributed by atoms with Crippen LogP contribution in [0.15, 0.2) is 12.3 Å². The first-order chi connectivity index (χ1) is 11.9. The lowest BCUT2D eigenvalue weighted by Gasteiger charge is -2.31. The molecule has 1 atom stereocenters. The van der Waals surface area contributed by atoms with Gasteiger partial charge in [-0.1, -0.05) is 17.5 Å². The van der Waals surface area contributed by atoms with Crippen LogP contribution in [-0.4, -0.2) is 49.2 Å². The van der Waals surface area contributed by atoms with Gasteiger partial charge in [0.15, 0.2) is 10.8 Å². The van der Waals surface area contributed by atoms with Crippen LogP contribution in [0.5, 0.6) is 0 Å². The molecule has 1 fully saturated rings. The van der Waals surface area contributed by atoms with Gasteiger partial charge in [0.1, 0.15) is 16.5 Å². The standard InChI is InChI=1S/C16H21ClN6OS/c1-3-8-23-16-14(15(17)21-23)13(4-7-19-16)20-11-12-5-9-22(10-6-12)25(2,18)24/h1,4,7,12,18H,5-6,8-11H2,2H3,(H,19,20). The minimum Gasteiger partial charge on any atom is -0.384 e. The van der Waals surface area contributed by atoms with E-state index in [1.807, 2.05) is 6.07 Å². The second-order valence-electron chi connectivity index (χ2n) is 6.27. The maximum absolute atomic E-state index is 11.8. The van der Waals surface area contributed by atoms with E-state index in [2.05, 4.69) is 21.3 Å². The Hall–Kier alpha value is -1.82. The Bertz CT molecular complexity index is 909. The average molecular weight is 381 g/mol. The molecule has 9 heteroatoms. The molecule has 0 saturated carbocycles. The van der Waals surface area contributed by atoms with Gasteiger partial charge >= 0.3 is 0 Å². The topological polar surface area (TPSA) is 86.9 Å². The molecule has 2 N–H and O–H groups in total. The van der Waals surface area contributed by atoms with Gasteiger partial charge in [0, 0.05) is 37.8 Å². The molecule has 1 aliphatic heterocycles. The molecular formula is C16H21ClN6OS. The zero-order chi connectivity index (χ0) is 18.0. The Balaban J connectivity index is 1.69. The summed E-state index contributed by atoms with van der Waals surface area (Å²) in [5, 5.41) is 8.85. The third kappa shape index (κ3) is 3.89. The normalized spacial score (nSPS) is 18.8. The number of halogens is 1. The van der Waals surface area contributed by atoms with Gasteiger partial charge in [-0.2, -0.15) is 5.10 Å². The lowest BCUT2D eigenvalue weighted by molar-refractivity contribution is 0.291. The molecule has 7 nitrogen and oxygen atoms in total. The molecular weight excluding hydrogens is 360 g/mol. The average Bonchev–Trinajstić information content (AvgIpc) is 2.90. The van der Waals surface area contributed by atoms with E-state index in [0.717, 1.165) is 30.5 Å². The molecule has 3 heterocycles. The second-order valence-corrected chi connectivity index (χ2v) is 8.74. The Morgan fingerprint density at radius 3 is 2.88 bits per heavy atom. The van der Waals surface area contributed by atoms with Crippen molar-refractivity contribution in [1.82, 2.24) is 19.1 Å². The number of rotatable bonds is 5. The minimum absolute atomic E-state index is 0.321. The van der Waals surface area contributed by atoms with Crippen molar-refractivity contribution in [3.05, 3.63) is 17.4 Å². The smallest absolute Gasteiger partial charge is 0.162 e. The number of hydrogen-bond donors (Lipinski definition) is 2. The third-order valence-electron chi connectivity index (χ3n) is 4.48. The molecule has 0 spiro atoms. The second kappa shape index (κ2) is 7.20. The zero-order valence-corrected chi connectivity index (χ0v) is 15.6. The van der Waals surface area contributed by atoms with Crippen molar-refractivity contribution in [3.63, 3.8) is 0 Å². The van der Waals surface area contributed by atoms with Crippen LogP contribution in [0.1, 0.15) is 12.8 Å². The van der Waals surface area contributed by atoms with Crippen LogP contribution in [0.25, 0.3) is 11.0 Å². The predicted octanol–water partition coefficient (Wildman–Crippen LogP) is 2.43. The summed E-state index contributed by atoms with van der Waals surface area (Å²) in [7, 11) is -2.59. The number of pyridine rings is 1. The predicted molar refractivity (Wildman–Crippen MR) is 101 cm³/mol. The van der Waals surface area contributed by atoms with E-state index in [9.17, 15) is 4.21 Å². The van der Waals surface area contributed by atoms with Crippen LogP contribution in [0.2, 0.25) is 5.15 Å². The van der Waals surface area contributed by atoms with Crippen LogP contribution in [0.4, 0.5) is 5.69 Å². The maximum atomic E-state index is 11.8. The number of piperidine rings is 1. The lowest BCUT2D eigenvalue weighted by atomic mass is 9.98. The molecule has 2 aromatic heterocycles. The van der Waals surface area contributed by atoms with Crippen molar-refractivity contribution in [1.29, 1.82) is 4.78 Å². The van der Waals surface area contributed by atoms with Crippen molar-refractivity contribution in [2.24, 2.45) is 5.92 Å². The zero-order valence-electron chi connectivity index (χ0n) is 14.0. The molecule has 1 aliphatic rings. The quantitative estimate of drug-likeness (QED) is 0.780. The highest BCUT2D eigenvalue weighted by Gasteiger charge is 2.23. The van der Waals surface area contributed by atoms with E-state index in [4.69, 9.17) is 22.8 Å². The van der Waals surface area contributed by atoms with Crippen molar-refractivity contribution >= 4 is 38.2 Å². The molecule has 2 aromatic rings. The van der Waals surface area contributed by atoms with E-state index < -0.39 is 9.92 Å². The van der Waals surface area contributed by atoms with Crippen LogP contribution in [0, 0.1) is 23.0 Å². The van der Waals surface area contributed by atoms with E-state index >= 15 is 0 Å². The first-order valence-corrected chi connectivity index (χ1v) is 10.4. The monoisotopic (exact) mass is 380 g/mol. The van der Waals surface area contributed by atoms with Crippen LogP contribution < -0.4 is 5.32 Å². The summed E-state index contributed by atoms with van der Waals surface area (Å²) >= 11 is 6.27. The maximum Gasteiger partial charge on any atom is 0.162 e. The first-order valence-electron chi connectivity index (χ1n) is 8.07. The molecule has 0 radical (unpaired) electrons. The fourth-order valence-electron chi connectivity index (χ4n) is 3.11. The largest absolute Gasteiger partial charge is 0.384 e. The van der Waals surface area contributed by atoms with E-state index in [-0.39, 0.29) is 0 Å². The van der Waals surface area contributed by atoms with Crippen LogP contribution in [-0.2, 0) is 16.5 Å². The van der Waals surface area contributed by atoms with Crippen molar-refractivity contribution in [3.8, 4) is 12.3 Å². The number of terminal acetylenes is 1. The molecule has 0 aromatic carbocycles. The summed E-state index contributed by atoms with van der Waals surface area (Å²) in [4.78, 5) is 4.33. The molecule has 25 heavy (non-hydrogen) atoms. The van der Waals surface area contributed by atoms with E-state index in [1.54, 1.807) is 15.2 Å². The lowest BCUT2D eigenvalue weighted by Crippen LogP contribution is -2.38. The highest BCUT2D eigenvalue weighted by molar-refractivity contribution is 7.89. The molecule has 0 bridgehead atoms. The third-order valence-corrected chi connectivity index (χ3v) is 6.09. The van der Waals surface area contributed by atoms with E-state index in [0.29, 0.717) is 36.4 Å². The number of hydrogen-bond acceptors (Lipinski definition) is 5. The summed E-state index contributed by atoms with van der Waals surface area (Å²) in [5.74, 6) is 3.01. The van der Waals surface area contributed by atoms with Gasteiger partial charge in [0.25, 0.3) is 0 Å². The summed E-state index contributed by atoms with van der Waals surface area (Å²) in [6, 6.07) is 1.88. The summed E-state index contributed by atoms with van der Waals surface area (Å²) in [5.41, 5.74) is 1.56. The highest BCUT2D eigenvalue weighted by Crippen LogP contribution is 2.29. The summed E-state index contributed by atoms with van der Waals surface area (Å²) in [6.45, 7) is 2.49. The molecule has 0 aliphatic carbocycles. The van der Waals surface area contributed by atoms with E-state index in [1.165, 1.54) is 6.26 Å². The number of nitrogens with zero attached hydrogens (tertiary/aromatic N) is 4. The van der Waals surface area contributed by atoms with Crippen molar-refractivity contribution in [2.45, 2.75) is 19.4 Å². The summed E-state index contributed by atoms with van der Waals surface area (Å²) in [6.07, 6.45) is 10.4. The van der Waals surface area contributed by atoms with Crippen LogP contribution >= 0.6 is 11.6 Å². The van der Waals surface area contributed by atoms with Crippen molar-refractivity contribution in [2.75, 3.05) is 31.2 Å². The Kier molecular flexibility index (Phi) is 5.18. The van der Waals surface area contributed by atoms with Gasteiger partial charge in [-0.3, -0.25) is 0 Å². The van der Waals surface area contributed by atoms with Gasteiger partial charge in [0.05, 0.1) is 5.39 Å². The molecule has 0 amide bonds. The van der Waals surface area contributed by atoms with Gasteiger partial charge in [0.2, 0.25) is 0 Å². The van der Waals surface area contributed by atoms with Gasteiger partial charge in [-0.25, -0.2) is 23.0 Å². The van der Waals surface area contributed by atoms with Crippen molar-refractivity contribution < 1.29 is 4.21 Å². The fourth-order valence-corrected chi connectivity index (χ4v) is 4.30. The van der Waals surface area contributed by atoms with Gasteiger partial charge < -0.3 is 5.32 Å². The first kappa shape index (κ1) is 18.0. The Morgan fingerprint density at radius 2 is 2.24 bits per heavy atom. The number of fused-ring (bicyclic) bond motifs is 1. The fraction of sp³-hybridized carbons (Fsp3) is 0.500. The number of aromatic nitrogens is 3. The SMILES string of the molecule is C#CCn1nc(Cl)c2c(NCC3CCN(S(C)(=N)=O)CC3)ccnc21. The summed E-state index contributed by atoms with van der Waals surface area (Å²) < 4.78 is 22.8. The minimum atomic E-state index is -2.59. The number of anilines is 1. The van der Waals surface area contributed by atoms with Crippen LogP contribution in [0.3, 0.4) is 0 Å². The Morgan fingerprint density at radius 1 is 1.52 bits per heavy atom. The number of nitrogens with one attached hydrogen (secondary N) is 2. The Labute approximate surface area is 152 Å². The molecule has 1 saturated heterocycles. The van der Waals surface area contributed by atoms with Gasteiger partial charge in [-0.05, 0) is 24.8 Å².